The van der Waals surface area contributed by atoms with Gasteiger partial charge in [-0.2, -0.15) is 0 Å². The molecule has 3 nitrogen and oxygen atoms in total. The number of likely N-dealkylation sites (N-methyl/N-ethyl adjacent to an activating group) is 1. The van der Waals surface area contributed by atoms with Gasteiger partial charge in [0.25, 0.3) is 0 Å². The minimum absolute atomic E-state index is 0.0276. The molecule has 1 unspecified atom stereocenters. The van der Waals surface area contributed by atoms with E-state index in [9.17, 15) is 4.79 Å². The molecular weight excluding hydrogens is 288 g/mol. The molecule has 1 atom stereocenters. The molecule has 0 spiro atoms. The van der Waals surface area contributed by atoms with Crippen molar-refractivity contribution in [1.82, 2.24) is 10.6 Å². The number of nitrogens with one attached hydrogen (secondary N) is 2. The minimum Gasteiger partial charge on any atom is -0.358 e. The summed E-state index contributed by atoms with van der Waals surface area (Å²) in [4.78, 5) is 13.6. The van der Waals surface area contributed by atoms with E-state index in [0.29, 0.717) is 0 Å². The summed E-state index contributed by atoms with van der Waals surface area (Å²) in [6.07, 6.45) is 0. The maximum atomic E-state index is 11.3. The Bertz CT molecular complexity index is 510. The third kappa shape index (κ3) is 3.32. The largest absolute Gasteiger partial charge is 0.358 e. The van der Waals surface area contributed by atoms with Crippen LogP contribution in [-0.4, -0.2) is 19.5 Å². The monoisotopic (exact) mass is 300 g/mol. The van der Waals surface area contributed by atoms with Crippen LogP contribution in [0, 0.1) is 0 Å². The number of hydrogen-bond acceptors (Lipinski definition) is 4. The van der Waals surface area contributed by atoms with Crippen LogP contribution >= 0.6 is 34.3 Å². The van der Waals surface area contributed by atoms with E-state index in [1.165, 1.54) is 16.2 Å². The van der Waals surface area contributed by atoms with Gasteiger partial charge in [-0.3, -0.25) is 10.1 Å². The number of rotatable bonds is 5. The summed E-state index contributed by atoms with van der Waals surface area (Å²) in [5.41, 5.74) is 0. The molecule has 0 fully saturated rings. The van der Waals surface area contributed by atoms with E-state index in [0.717, 1.165) is 9.21 Å². The molecule has 2 N–H and O–H groups in total. The molecule has 2 aromatic rings. The minimum atomic E-state index is -0.0285. The van der Waals surface area contributed by atoms with Crippen molar-refractivity contribution in [3.8, 4) is 0 Å². The van der Waals surface area contributed by atoms with Crippen molar-refractivity contribution in [3.63, 3.8) is 0 Å². The molecule has 0 bridgehead atoms. The van der Waals surface area contributed by atoms with Crippen molar-refractivity contribution in [2.45, 2.75) is 6.04 Å². The van der Waals surface area contributed by atoms with Gasteiger partial charge in [0.1, 0.15) is 0 Å². The summed E-state index contributed by atoms with van der Waals surface area (Å²) in [7, 11) is 1.63. The van der Waals surface area contributed by atoms with Crippen LogP contribution in [0.1, 0.15) is 15.8 Å². The first kappa shape index (κ1) is 13.5. The fourth-order valence-electron chi connectivity index (χ4n) is 1.56. The number of carbonyl (C=O) groups excluding carboxylic acids is 1. The average Bonchev–Trinajstić information content (AvgIpc) is 3.01. The van der Waals surface area contributed by atoms with Gasteiger partial charge in [0.15, 0.2) is 0 Å². The Kier molecular flexibility index (Phi) is 4.77. The van der Waals surface area contributed by atoms with E-state index >= 15 is 0 Å². The molecule has 0 aromatic carbocycles. The Morgan fingerprint density at radius 3 is 2.78 bits per heavy atom. The predicted octanol–water partition coefficient (Wildman–Crippen LogP) is 2.89. The average molecular weight is 301 g/mol. The van der Waals surface area contributed by atoms with Crippen molar-refractivity contribution in [2.75, 3.05) is 13.6 Å². The van der Waals surface area contributed by atoms with Gasteiger partial charge in [0.2, 0.25) is 5.91 Å². The maximum absolute atomic E-state index is 11.3. The first-order valence-corrected chi connectivity index (χ1v) is 7.50. The summed E-state index contributed by atoms with van der Waals surface area (Å²) in [5, 5.41) is 7.88. The molecule has 0 saturated carbocycles. The fourth-order valence-corrected chi connectivity index (χ4v) is 3.61. The lowest BCUT2D eigenvalue weighted by Gasteiger charge is -2.15. The lowest BCUT2D eigenvalue weighted by molar-refractivity contribution is -0.119. The van der Waals surface area contributed by atoms with Crippen LogP contribution in [0.25, 0.3) is 0 Å². The van der Waals surface area contributed by atoms with Crippen LogP contribution in [-0.2, 0) is 4.79 Å². The van der Waals surface area contributed by atoms with E-state index in [4.69, 9.17) is 11.6 Å². The van der Waals surface area contributed by atoms with E-state index in [2.05, 4.69) is 16.7 Å². The van der Waals surface area contributed by atoms with Gasteiger partial charge in [-0.25, -0.2) is 0 Å². The molecule has 2 rings (SSSR count). The topological polar surface area (TPSA) is 41.1 Å². The molecule has 6 heteroatoms. The highest BCUT2D eigenvalue weighted by molar-refractivity contribution is 7.16. The molecule has 18 heavy (non-hydrogen) atoms. The molecule has 2 heterocycles. The van der Waals surface area contributed by atoms with E-state index in [-0.39, 0.29) is 18.5 Å². The van der Waals surface area contributed by atoms with Crippen LogP contribution in [0.2, 0.25) is 4.34 Å². The molecule has 96 valence electrons. The zero-order valence-corrected chi connectivity index (χ0v) is 12.2. The second-order valence-electron chi connectivity index (χ2n) is 3.64. The number of hydrogen-bond donors (Lipinski definition) is 2. The highest BCUT2D eigenvalue weighted by atomic mass is 35.5. The van der Waals surface area contributed by atoms with Crippen molar-refractivity contribution in [3.05, 3.63) is 43.7 Å². The standard InChI is InChI=1S/C12H13ClN2OS2/c1-14-11(16)7-15-12(8-3-2-6-17-8)9-4-5-10(13)18-9/h2-6,12,15H,7H2,1H3,(H,14,16). The molecule has 0 aliphatic heterocycles. The molecule has 0 saturated heterocycles. The van der Waals surface area contributed by atoms with Crippen LogP contribution in [0.5, 0.6) is 0 Å². The third-order valence-corrected chi connectivity index (χ3v) is 4.68. The van der Waals surface area contributed by atoms with Gasteiger partial charge in [-0.05, 0) is 23.6 Å². The second-order valence-corrected chi connectivity index (χ2v) is 6.37. The number of thiophene rings is 2. The Balaban J connectivity index is 2.16. The van der Waals surface area contributed by atoms with Crippen LogP contribution in [0.15, 0.2) is 29.6 Å². The quantitative estimate of drug-likeness (QED) is 0.891. The van der Waals surface area contributed by atoms with Gasteiger partial charge in [-0.1, -0.05) is 17.7 Å². The number of carbonyl (C=O) groups is 1. The van der Waals surface area contributed by atoms with Crippen LogP contribution in [0.3, 0.4) is 0 Å². The normalized spacial score (nSPS) is 12.3. The maximum Gasteiger partial charge on any atom is 0.233 e. The zero-order chi connectivity index (χ0) is 13.0. The first-order chi connectivity index (χ1) is 8.70. The third-order valence-electron chi connectivity index (χ3n) is 2.45. The van der Waals surface area contributed by atoms with Crippen molar-refractivity contribution < 1.29 is 4.79 Å². The molecular formula is C12H13ClN2OS2. The van der Waals surface area contributed by atoms with E-state index < -0.39 is 0 Å². The SMILES string of the molecule is CNC(=O)CNC(c1cccs1)c1ccc(Cl)s1. The smallest absolute Gasteiger partial charge is 0.233 e. The van der Waals surface area contributed by atoms with E-state index in [1.807, 2.05) is 23.6 Å². The second kappa shape index (κ2) is 6.33. The zero-order valence-electron chi connectivity index (χ0n) is 9.77. The van der Waals surface area contributed by atoms with Gasteiger partial charge >= 0.3 is 0 Å². The van der Waals surface area contributed by atoms with Gasteiger partial charge in [-0.15, -0.1) is 22.7 Å². The first-order valence-electron chi connectivity index (χ1n) is 5.43. The number of amides is 1. The summed E-state index contributed by atoms with van der Waals surface area (Å²) in [5.74, 6) is -0.0285. The van der Waals surface area contributed by atoms with Crippen molar-refractivity contribution in [2.24, 2.45) is 0 Å². The summed E-state index contributed by atoms with van der Waals surface area (Å²) in [6.45, 7) is 0.286. The molecule has 0 aliphatic carbocycles. The van der Waals surface area contributed by atoms with Crippen LogP contribution < -0.4 is 10.6 Å². The van der Waals surface area contributed by atoms with Gasteiger partial charge < -0.3 is 5.32 Å². The fraction of sp³-hybridized carbons (Fsp3) is 0.250. The molecule has 0 aliphatic rings. The molecule has 2 aromatic heterocycles. The summed E-state index contributed by atoms with van der Waals surface area (Å²) >= 11 is 9.17. The van der Waals surface area contributed by atoms with Crippen molar-refractivity contribution in [1.29, 1.82) is 0 Å². The van der Waals surface area contributed by atoms with Crippen molar-refractivity contribution >= 4 is 40.2 Å². The van der Waals surface area contributed by atoms with Gasteiger partial charge in [0.05, 0.1) is 16.9 Å². The summed E-state index contributed by atoms with van der Waals surface area (Å²) in [6, 6.07) is 7.96. The van der Waals surface area contributed by atoms with Crippen LogP contribution in [0.4, 0.5) is 0 Å². The lowest BCUT2D eigenvalue weighted by atomic mass is 10.2. The van der Waals surface area contributed by atoms with Gasteiger partial charge in [0, 0.05) is 16.8 Å². The van der Waals surface area contributed by atoms with E-state index in [1.54, 1.807) is 18.4 Å². The predicted molar refractivity (Wildman–Crippen MR) is 77.6 cm³/mol. The number of halogens is 1. The summed E-state index contributed by atoms with van der Waals surface area (Å²) < 4.78 is 0.758. The Morgan fingerprint density at radius 2 is 2.22 bits per heavy atom. The Labute approximate surface area is 119 Å². The highest BCUT2D eigenvalue weighted by Crippen LogP contribution is 2.32. The highest BCUT2D eigenvalue weighted by Gasteiger charge is 2.17. The molecule has 0 radical (unpaired) electrons. The Morgan fingerprint density at radius 1 is 1.39 bits per heavy atom. The Hall–Kier alpha value is -0.880. The molecule has 1 amide bonds. The lowest BCUT2D eigenvalue weighted by Crippen LogP contribution is -2.33.